The van der Waals surface area contributed by atoms with Crippen LogP contribution >= 0.6 is 0 Å². The predicted octanol–water partition coefficient (Wildman–Crippen LogP) is 3.24. The third kappa shape index (κ3) is 2.54. The third-order valence-corrected chi connectivity index (χ3v) is 3.49. The van der Waals surface area contributed by atoms with Gasteiger partial charge in [-0.25, -0.2) is 0 Å². The van der Waals surface area contributed by atoms with E-state index in [4.69, 9.17) is 10.7 Å². The van der Waals surface area contributed by atoms with Crippen LogP contribution in [0.15, 0.2) is 24.3 Å². The number of aromatic nitrogens is 1. The number of hydrogen-bond donors (Lipinski definition) is 1. The number of nitrogens with two attached hydrogens (primary N) is 1. The lowest BCUT2D eigenvalue weighted by molar-refractivity contribution is 0.595. The molecule has 18 heavy (non-hydrogen) atoms. The van der Waals surface area contributed by atoms with Crippen molar-refractivity contribution in [2.45, 2.75) is 33.6 Å². The molecule has 0 aliphatic heterocycles. The van der Waals surface area contributed by atoms with Gasteiger partial charge >= 0.3 is 0 Å². The van der Waals surface area contributed by atoms with Gasteiger partial charge in [-0.2, -0.15) is 0 Å². The Bertz CT molecular complexity index is 546. The van der Waals surface area contributed by atoms with E-state index in [9.17, 15) is 0 Å². The second-order valence-corrected chi connectivity index (χ2v) is 5.13. The summed E-state index contributed by atoms with van der Waals surface area (Å²) >= 11 is 0. The maximum atomic E-state index is 5.74. The van der Waals surface area contributed by atoms with Crippen molar-refractivity contribution in [1.29, 1.82) is 0 Å². The van der Waals surface area contributed by atoms with E-state index >= 15 is 0 Å². The maximum Gasteiger partial charge on any atom is 0.0739 e. The quantitative estimate of drug-likeness (QED) is 0.894. The summed E-state index contributed by atoms with van der Waals surface area (Å²) < 4.78 is 0. The average molecular weight is 242 g/mol. The normalized spacial score (nSPS) is 12.9. The molecule has 1 aromatic heterocycles. The fourth-order valence-electron chi connectivity index (χ4n) is 2.43. The van der Waals surface area contributed by atoms with Crippen LogP contribution < -0.4 is 5.73 Å². The van der Waals surface area contributed by atoms with E-state index in [-0.39, 0.29) is 0 Å². The van der Waals surface area contributed by atoms with Gasteiger partial charge in [0.05, 0.1) is 5.52 Å². The largest absolute Gasteiger partial charge is 0.330 e. The van der Waals surface area contributed by atoms with Crippen molar-refractivity contribution in [3.05, 3.63) is 41.1 Å². The fraction of sp³-hybridized carbons (Fsp3) is 0.438. The first-order valence-corrected chi connectivity index (χ1v) is 6.73. The molecular formula is C16H22N2. The minimum Gasteiger partial charge on any atom is -0.330 e. The van der Waals surface area contributed by atoms with Crippen molar-refractivity contribution in [1.82, 2.24) is 4.98 Å². The number of hydrogen-bond acceptors (Lipinski definition) is 2. The van der Waals surface area contributed by atoms with Gasteiger partial charge in [0, 0.05) is 11.1 Å². The Morgan fingerprint density at radius 3 is 2.72 bits per heavy atom. The van der Waals surface area contributed by atoms with E-state index < -0.39 is 0 Å². The third-order valence-electron chi connectivity index (χ3n) is 3.49. The lowest BCUT2D eigenvalue weighted by atomic mass is 9.95. The number of nitrogens with zero attached hydrogens (tertiary/aromatic N) is 1. The molecule has 1 heterocycles. The van der Waals surface area contributed by atoms with Crippen LogP contribution in [-0.4, -0.2) is 11.5 Å². The number of rotatable bonds is 4. The summed E-state index contributed by atoms with van der Waals surface area (Å²) in [7, 11) is 0. The second-order valence-electron chi connectivity index (χ2n) is 5.13. The van der Waals surface area contributed by atoms with E-state index in [1.165, 1.54) is 22.0 Å². The Morgan fingerprint density at radius 1 is 1.28 bits per heavy atom. The summed E-state index contributed by atoms with van der Waals surface area (Å²) in [5.41, 5.74) is 10.7. The van der Waals surface area contributed by atoms with Gasteiger partial charge < -0.3 is 5.73 Å². The molecule has 0 aliphatic rings. The molecule has 0 fully saturated rings. The van der Waals surface area contributed by atoms with Crippen molar-refractivity contribution < 1.29 is 0 Å². The molecule has 2 rings (SSSR count). The summed E-state index contributed by atoms with van der Waals surface area (Å²) in [6.45, 7) is 7.19. The SMILES string of the molecule is CCc1cccc2c(CC(C)CN)cc(C)nc12. The predicted molar refractivity (Wildman–Crippen MR) is 77.8 cm³/mol. The molecule has 0 radical (unpaired) electrons. The topological polar surface area (TPSA) is 38.9 Å². The summed E-state index contributed by atoms with van der Waals surface area (Å²) in [5, 5.41) is 1.29. The first-order valence-electron chi connectivity index (χ1n) is 6.73. The minimum atomic E-state index is 0.514. The lowest BCUT2D eigenvalue weighted by Crippen LogP contribution is -2.13. The first-order chi connectivity index (χ1) is 8.65. The van der Waals surface area contributed by atoms with Crippen LogP contribution in [0, 0.1) is 12.8 Å². The van der Waals surface area contributed by atoms with Crippen LogP contribution in [0.1, 0.15) is 30.7 Å². The van der Waals surface area contributed by atoms with Gasteiger partial charge in [-0.15, -0.1) is 0 Å². The molecular weight excluding hydrogens is 220 g/mol. The van der Waals surface area contributed by atoms with Crippen molar-refractivity contribution in [3.8, 4) is 0 Å². The molecule has 2 heteroatoms. The Morgan fingerprint density at radius 2 is 2.06 bits per heavy atom. The van der Waals surface area contributed by atoms with Crippen LogP contribution in [0.4, 0.5) is 0 Å². The van der Waals surface area contributed by atoms with Gasteiger partial charge in [-0.1, -0.05) is 32.0 Å². The van der Waals surface area contributed by atoms with Gasteiger partial charge in [-0.3, -0.25) is 4.98 Å². The highest BCUT2D eigenvalue weighted by Gasteiger charge is 2.09. The smallest absolute Gasteiger partial charge is 0.0739 e. The Balaban J connectivity index is 2.59. The number of para-hydroxylation sites is 1. The highest BCUT2D eigenvalue weighted by atomic mass is 14.7. The van der Waals surface area contributed by atoms with Crippen LogP contribution in [0.2, 0.25) is 0 Å². The molecule has 0 amide bonds. The molecule has 96 valence electrons. The summed E-state index contributed by atoms with van der Waals surface area (Å²) in [5.74, 6) is 0.514. The summed E-state index contributed by atoms with van der Waals surface area (Å²) in [6.07, 6.45) is 2.06. The molecule has 1 aromatic carbocycles. The van der Waals surface area contributed by atoms with Gasteiger partial charge in [-0.05, 0) is 49.4 Å². The Hall–Kier alpha value is -1.41. The monoisotopic (exact) mass is 242 g/mol. The van der Waals surface area contributed by atoms with Crippen LogP contribution in [0.25, 0.3) is 10.9 Å². The molecule has 0 saturated heterocycles. The molecule has 1 unspecified atom stereocenters. The van der Waals surface area contributed by atoms with Crippen LogP contribution in [-0.2, 0) is 12.8 Å². The molecule has 0 saturated carbocycles. The highest BCUT2D eigenvalue weighted by molar-refractivity contribution is 5.85. The van der Waals surface area contributed by atoms with Gasteiger partial charge in [0.15, 0.2) is 0 Å². The van der Waals surface area contributed by atoms with Gasteiger partial charge in [0.25, 0.3) is 0 Å². The zero-order chi connectivity index (χ0) is 13.1. The molecule has 0 aliphatic carbocycles. The van der Waals surface area contributed by atoms with Crippen molar-refractivity contribution >= 4 is 10.9 Å². The van der Waals surface area contributed by atoms with Crippen molar-refractivity contribution in [3.63, 3.8) is 0 Å². The first kappa shape index (κ1) is 13.0. The van der Waals surface area contributed by atoms with Gasteiger partial charge in [0.1, 0.15) is 0 Å². The number of aryl methyl sites for hydroxylation is 2. The number of benzene rings is 1. The average Bonchev–Trinajstić information content (AvgIpc) is 2.37. The molecule has 2 aromatic rings. The van der Waals surface area contributed by atoms with E-state index in [1.54, 1.807) is 0 Å². The molecule has 2 N–H and O–H groups in total. The standard InChI is InChI=1S/C16H22N2/c1-4-13-6-5-7-15-14(8-11(2)10-17)9-12(3)18-16(13)15/h5-7,9,11H,4,8,10,17H2,1-3H3. The fourth-order valence-corrected chi connectivity index (χ4v) is 2.43. The van der Waals surface area contributed by atoms with Crippen molar-refractivity contribution in [2.24, 2.45) is 11.7 Å². The van der Waals surface area contributed by atoms with Crippen molar-refractivity contribution in [2.75, 3.05) is 6.54 Å². The Labute approximate surface area is 109 Å². The maximum absolute atomic E-state index is 5.74. The second kappa shape index (κ2) is 5.49. The minimum absolute atomic E-state index is 0.514. The van der Waals surface area contributed by atoms with E-state index in [0.717, 1.165) is 25.1 Å². The number of pyridine rings is 1. The Kier molecular flexibility index (Phi) is 3.97. The molecule has 0 bridgehead atoms. The molecule has 2 nitrogen and oxygen atoms in total. The van der Waals surface area contributed by atoms with Gasteiger partial charge in [0.2, 0.25) is 0 Å². The number of fused-ring (bicyclic) bond motifs is 1. The summed E-state index contributed by atoms with van der Waals surface area (Å²) in [6, 6.07) is 8.69. The van der Waals surface area contributed by atoms with E-state index in [1.807, 2.05) is 0 Å². The van der Waals surface area contributed by atoms with E-state index in [0.29, 0.717) is 5.92 Å². The highest BCUT2D eigenvalue weighted by Crippen LogP contribution is 2.24. The zero-order valence-corrected chi connectivity index (χ0v) is 11.5. The lowest BCUT2D eigenvalue weighted by Gasteiger charge is -2.13. The zero-order valence-electron chi connectivity index (χ0n) is 11.5. The van der Waals surface area contributed by atoms with Crippen LogP contribution in [0.5, 0.6) is 0 Å². The van der Waals surface area contributed by atoms with E-state index in [2.05, 4.69) is 45.0 Å². The van der Waals surface area contributed by atoms with Crippen LogP contribution in [0.3, 0.4) is 0 Å². The molecule has 1 atom stereocenters. The molecule has 0 spiro atoms. The summed E-state index contributed by atoms with van der Waals surface area (Å²) in [4.78, 5) is 4.71.